The van der Waals surface area contributed by atoms with Crippen LogP contribution < -0.4 is 10.6 Å². The van der Waals surface area contributed by atoms with E-state index in [1.165, 1.54) is 38.5 Å². The summed E-state index contributed by atoms with van der Waals surface area (Å²) in [6, 6.07) is 0.183. The number of carbonyl (C=O) groups excluding carboxylic acids is 2. The summed E-state index contributed by atoms with van der Waals surface area (Å²) < 4.78 is 0. The maximum atomic E-state index is 12.0. The standard InChI is InChI=1S/C16H29N3O2/c1-12(2)10-17-16(21)18-15(20)11-19-9-5-8-14(19)13-6-3-4-7-13/h12-14H,3-11H2,1-2H3,(H2,17,18,20,21). The minimum absolute atomic E-state index is 0.179. The second kappa shape index (κ2) is 7.78. The summed E-state index contributed by atoms with van der Waals surface area (Å²) in [6.45, 7) is 5.99. The molecule has 120 valence electrons. The highest BCUT2D eigenvalue weighted by Crippen LogP contribution is 2.35. The number of likely N-dealkylation sites (tertiary alicyclic amines) is 1. The van der Waals surface area contributed by atoms with E-state index in [9.17, 15) is 9.59 Å². The summed E-state index contributed by atoms with van der Waals surface area (Å²) in [7, 11) is 0. The van der Waals surface area contributed by atoms with Gasteiger partial charge in [-0.3, -0.25) is 15.0 Å². The van der Waals surface area contributed by atoms with Crippen LogP contribution in [0.4, 0.5) is 4.79 Å². The van der Waals surface area contributed by atoms with E-state index in [1.807, 2.05) is 13.8 Å². The number of nitrogens with zero attached hydrogens (tertiary/aromatic N) is 1. The van der Waals surface area contributed by atoms with Crippen molar-refractivity contribution in [2.45, 2.75) is 58.4 Å². The number of urea groups is 1. The summed E-state index contributed by atoms with van der Waals surface area (Å²) in [5.41, 5.74) is 0. The number of hydrogen-bond acceptors (Lipinski definition) is 3. The molecule has 5 nitrogen and oxygen atoms in total. The molecule has 2 N–H and O–H groups in total. The molecule has 2 rings (SSSR count). The van der Waals surface area contributed by atoms with Crippen molar-refractivity contribution >= 4 is 11.9 Å². The first-order valence-electron chi connectivity index (χ1n) is 8.38. The van der Waals surface area contributed by atoms with Gasteiger partial charge in [0.05, 0.1) is 6.54 Å². The van der Waals surface area contributed by atoms with Gasteiger partial charge in [-0.25, -0.2) is 4.79 Å². The molecule has 1 saturated carbocycles. The Hall–Kier alpha value is -1.10. The van der Waals surface area contributed by atoms with Gasteiger partial charge in [-0.05, 0) is 44.1 Å². The van der Waals surface area contributed by atoms with E-state index < -0.39 is 0 Å². The third-order valence-corrected chi connectivity index (χ3v) is 4.63. The van der Waals surface area contributed by atoms with Crippen LogP contribution in [0, 0.1) is 11.8 Å². The van der Waals surface area contributed by atoms with E-state index in [2.05, 4.69) is 15.5 Å². The Morgan fingerprint density at radius 1 is 1.14 bits per heavy atom. The first-order chi connectivity index (χ1) is 10.1. The zero-order valence-electron chi connectivity index (χ0n) is 13.4. The lowest BCUT2D eigenvalue weighted by atomic mass is 9.96. The summed E-state index contributed by atoms with van der Waals surface area (Å²) in [6.07, 6.45) is 7.65. The van der Waals surface area contributed by atoms with Gasteiger partial charge in [0, 0.05) is 12.6 Å². The maximum Gasteiger partial charge on any atom is 0.321 e. The minimum Gasteiger partial charge on any atom is -0.338 e. The van der Waals surface area contributed by atoms with E-state index in [-0.39, 0.29) is 11.9 Å². The van der Waals surface area contributed by atoms with Crippen LogP contribution in [0.5, 0.6) is 0 Å². The number of nitrogens with one attached hydrogen (secondary N) is 2. The Labute approximate surface area is 127 Å². The molecule has 0 bridgehead atoms. The fraction of sp³-hybridized carbons (Fsp3) is 0.875. The largest absolute Gasteiger partial charge is 0.338 e. The number of carbonyl (C=O) groups is 2. The first kappa shape index (κ1) is 16.3. The molecule has 0 aromatic carbocycles. The van der Waals surface area contributed by atoms with Crippen LogP contribution in [0.1, 0.15) is 52.4 Å². The highest BCUT2D eigenvalue weighted by molar-refractivity contribution is 5.95. The fourth-order valence-corrected chi connectivity index (χ4v) is 3.62. The lowest BCUT2D eigenvalue weighted by Crippen LogP contribution is -2.47. The van der Waals surface area contributed by atoms with Gasteiger partial charge in [0.2, 0.25) is 5.91 Å². The van der Waals surface area contributed by atoms with Crippen LogP contribution in [-0.2, 0) is 4.79 Å². The van der Waals surface area contributed by atoms with Crippen LogP contribution in [-0.4, -0.2) is 42.5 Å². The quantitative estimate of drug-likeness (QED) is 0.817. The smallest absolute Gasteiger partial charge is 0.321 e. The molecular formula is C16H29N3O2. The number of hydrogen-bond donors (Lipinski definition) is 2. The maximum absolute atomic E-state index is 12.0. The number of imide groups is 1. The molecule has 0 radical (unpaired) electrons. The Kier molecular flexibility index (Phi) is 6.03. The second-order valence-electron chi connectivity index (χ2n) is 6.88. The van der Waals surface area contributed by atoms with Crippen molar-refractivity contribution in [3.63, 3.8) is 0 Å². The lowest BCUT2D eigenvalue weighted by molar-refractivity contribution is -0.121. The van der Waals surface area contributed by atoms with Crippen molar-refractivity contribution in [3.05, 3.63) is 0 Å². The molecule has 2 fully saturated rings. The van der Waals surface area contributed by atoms with Crippen molar-refractivity contribution in [1.82, 2.24) is 15.5 Å². The van der Waals surface area contributed by atoms with Crippen molar-refractivity contribution in [2.24, 2.45) is 11.8 Å². The van der Waals surface area contributed by atoms with E-state index in [4.69, 9.17) is 0 Å². The van der Waals surface area contributed by atoms with Crippen molar-refractivity contribution in [3.8, 4) is 0 Å². The molecule has 0 aromatic rings. The van der Waals surface area contributed by atoms with Crippen LogP contribution in [0.25, 0.3) is 0 Å². The fourth-order valence-electron chi connectivity index (χ4n) is 3.62. The van der Waals surface area contributed by atoms with E-state index in [0.717, 1.165) is 12.5 Å². The minimum atomic E-state index is -0.370. The lowest BCUT2D eigenvalue weighted by Gasteiger charge is -2.28. The molecule has 5 heteroatoms. The molecule has 3 amide bonds. The van der Waals surface area contributed by atoms with Crippen LogP contribution in [0.2, 0.25) is 0 Å². The van der Waals surface area contributed by atoms with Crippen LogP contribution in [0.15, 0.2) is 0 Å². The van der Waals surface area contributed by atoms with Gasteiger partial charge in [-0.15, -0.1) is 0 Å². The normalized spacial score (nSPS) is 23.7. The highest BCUT2D eigenvalue weighted by Gasteiger charge is 2.34. The average Bonchev–Trinajstić information content (AvgIpc) is 3.06. The molecule has 1 atom stereocenters. The third kappa shape index (κ3) is 4.99. The van der Waals surface area contributed by atoms with Gasteiger partial charge >= 0.3 is 6.03 Å². The van der Waals surface area contributed by atoms with Gasteiger partial charge in [0.15, 0.2) is 0 Å². The van der Waals surface area contributed by atoms with Crippen molar-refractivity contribution < 1.29 is 9.59 Å². The predicted octanol–water partition coefficient (Wildman–Crippen LogP) is 2.12. The third-order valence-electron chi connectivity index (χ3n) is 4.63. The van der Waals surface area contributed by atoms with Gasteiger partial charge in [-0.1, -0.05) is 26.7 Å². The second-order valence-corrected chi connectivity index (χ2v) is 6.88. The summed E-state index contributed by atoms with van der Waals surface area (Å²) in [5.74, 6) is 0.965. The van der Waals surface area contributed by atoms with E-state index in [1.54, 1.807) is 0 Å². The first-order valence-corrected chi connectivity index (χ1v) is 8.38. The molecule has 1 heterocycles. The number of rotatable bonds is 5. The summed E-state index contributed by atoms with van der Waals surface area (Å²) >= 11 is 0. The zero-order valence-corrected chi connectivity index (χ0v) is 13.4. The Balaban J connectivity index is 1.74. The molecule has 0 spiro atoms. The Bertz CT molecular complexity index is 365. The summed E-state index contributed by atoms with van der Waals surface area (Å²) in [5, 5.41) is 5.16. The monoisotopic (exact) mass is 295 g/mol. The van der Waals surface area contributed by atoms with E-state index in [0.29, 0.717) is 25.0 Å². The van der Waals surface area contributed by atoms with Crippen LogP contribution in [0.3, 0.4) is 0 Å². The zero-order chi connectivity index (χ0) is 15.2. The Morgan fingerprint density at radius 2 is 1.86 bits per heavy atom. The molecule has 1 aliphatic carbocycles. The van der Waals surface area contributed by atoms with Gasteiger partial charge in [0.25, 0.3) is 0 Å². The molecule has 1 saturated heterocycles. The summed E-state index contributed by atoms with van der Waals surface area (Å²) in [4.78, 5) is 25.9. The van der Waals surface area contributed by atoms with Gasteiger partial charge in [-0.2, -0.15) is 0 Å². The molecule has 1 aliphatic heterocycles. The predicted molar refractivity (Wildman–Crippen MR) is 82.9 cm³/mol. The number of amides is 3. The van der Waals surface area contributed by atoms with E-state index >= 15 is 0 Å². The SMILES string of the molecule is CC(C)CNC(=O)NC(=O)CN1CCCC1C1CCCC1. The highest BCUT2D eigenvalue weighted by atomic mass is 16.2. The van der Waals surface area contributed by atoms with Crippen LogP contribution >= 0.6 is 0 Å². The Morgan fingerprint density at radius 3 is 2.52 bits per heavy atom. The molecular weight excluding hydrogens is 266 g/mol. The molecule has 21 heavy (non-hydrogen) atoms. The molecule has 0 aromatic heterocycles. The van der Waals surface area contributed by atoms with Gasteiger partial charge < -0.3 is 5.32 Å². The molecule has 2 aliphatic rings. The topological polar surface area (TPSA) is 61.4 Å². The average molecular weight is 295 g/mol. The van der Waals surface area contributed by atoms with Crippen molar-refractivity contribution in [2.75, 3.05) is 19.6 Å². The molecule has 1 unspecified atom stereocenters. The van der Waals surface area contributed by atoms with Crippen molar-refractivity contribution in [1.29, 1.82) is 0 Å². The van der Waals surface area contributed by atoms with Gasteiger partial charge in [0.1, 0.15) is 0 Å².